The molecule has 0 heterocycles. The zero-order valence-electron chi connectivity index (χ0n) is 34.3. The quantitative estimate of drug-likeness (QED) is 0.0655. The number of ether oxygens (including phenoxy) is 2. The average Bonchev–Trinajstić information content (AvgIpc) is 3.17. The summed E-state index contributed by atoms with van der Waals surface area (Å²) in [7, 11) is -18.0. The van der Waals surface area contributed by atoms with Gasteiger partial charge in [-0.3, -0.25) is 0 Å². The molecule has 0 fully saturated rings. The molecule has 0 aromatic heterocycles. The van der Waals surface area contributed by atoms with Crippen molar-refractivity contribution in [3.05, 3.63) is 97.1 Å². The van der Waals surface area contributed by atoms with Gasteiger partial charge >= 0.3 is 124 Å². The zero-order chi connectivity index (χ0) is 43.8. The molecule has 0 radical (unpaired) electrons. The van der Waals surface area contributed by atoms with Crippen LogP contribution >= 0.6 is 0 Å². The number of methoxy groups -OCH3 is 2. The van der Waals surface area contributed by atoms with Crippen molar-refractivity contribution >= 4 is 102 Å². The predicted molar refractivity (Wildman–Crippen MR) is 207 cm³/mol. The maximum Gasteiger partial charge on any atom is 1.00 e. The molecule has 6 aromatic carbocycles. The second-order valence-corrected chi connectivity index (χ2v) is 17.6. The Balaban J connectivity index is 0.00000352. The van der Waals surface area contributed by atoms with Gasteiger partial charge in [-0.1, -0.05) is 24.3 Å². The van der Waals surface area contributed by atoms with E-state index in [0.29, 0.717) is 0 Å². The summed E-state index contributed by atoms with van der Waals surface area (Å²) in [4.78, 5) is 9.73. The van der Waals surface area contributed by atoms with Crippen molar-refractivity contribution in [3.63, 3.8) is 0 Å². The number of hydrogen-bond acceptors (Lipinski definition) is 19. The van der Waals surface area contributed by atoms with E-state index in [9.17, 15) is 56.7 Å². The summed E-state index contributed by atoms with van der Waals surface area (Å²) in [6.45, 7) is 0. The molecule has 0 unspecified atom stereocenters. The predicted octanol–water partition coefficient (Wildman–Crippen LogP) is -5.88. The fourth-order valence-electron chi connectivity index (χ4n) is 5.78. The summed E-state index contributed by atoms with van der Waals surface area (Å²) in [5.74, 6) is 0.0935. The molecule has 0 atom stereocenters. The van der Waals surface area contributed by atoms with E-state index in [-0.39, 0.29) is 185 Å². The van der Waals surface area contributed by atoms with E-state index < -0.39 is 66.1 Å². The van der Waals surface area contributed by atoms with Gasteiger partial charge in [0.2, 0.25) is 0 Å². The summed E-state index contributed by atoms with van der Waals surface area (Å²) in [6, 6.07) is 17.7. The van der Waals surface area contributed by atoms with Gasteiger partial charge < -0.3 is 38.3 Å². The van der Waals surface area contributed by atoms with Crippen LogP contribution in [0.4, 0.5) is 38.9 Å². The largest absolute Gasteiger partial charge is 1.00 e. The molecule has 0 aliphatic heterocycles. The minimum absolute atomic E-state index is 0. The number of carbonyl (C=O) groups is 1. The monoisotopic (exact) mass is 988 g/mol. The number of rotatable bonds is 12. The number of hydrogen-bond donors (Lipinski definition) is 2. The van der Waals surface area contributed by atoms with Crippen LogP contribution in [0.3, 0.4) is 0 Å². The third kappa shape index (κ3) is 13.8. The SMILES string of the molecule is COc1cc(NC(=O)Nc2ccc(N=Nc3cc(S(=O)(=O)[O-])c4cccc(S(=O)(=O)[O-])c4c3)c(OC)c2)ccc1N=Nc1cc(S(=O)(=O)[O-])c2cccc(S(=O)(=O)[O-])c2c1.[Na+].[Na+].[Na+].[Na+]. The number of nitrogens with one attached hydrogen (secondary N) is 2. The number of fused-ring (bicyclic) bond motifs is 2. The maximum absolute atomic E-state index is 12.9. The fraction of sp³-hybridized carbons (Fsp3) is 0.0571. The van der Waals surface area contributed by atoms with E-state index in [2.05, 4.69) is 31.1 Å². The first-order chi connectivity index (χ1) is 28.1. The molecule has 312 valence electrons. The summed E-state index contributed by atoms with van der Waals surface area (Å²) in [5.41, 5.74) is -0.133. The van der Waals surface area contributed by atoms with Crippen LogP contribution in [0, 0.1) is 0 Å². The molecule has 21 nitrogen and oxygen atoms in total. The van der Waals surface area contributed by atoms with Crippen LogP contribution < -0.4 is 138 Å². The number of amides is 2. The first-order valence-electron chi connectivity index (χ1n) is 16.3. The topological polar surface area (TPSA) is 338 Å². The van der Waals surface area contributed by atoms with Crippen molar-refractivity contribution in [1.29, 1.82) is 0 Å². The van der Waals surface area contributed by atoms with Crippen molar-refractivity contribution in [1.82, 2.24) is 0 Å². The van der Waals surface area contributed by atoms with Crippen LogP contribution in [-0.4, -0.2) is 72.1 Å². The Morgan fingerprint density at radius 3 is 1.11 bits per heavy atom. The second kappa shape index (κ2) is 23.0. The van der Waals surface area contributed by atoms with Gasteiger partial charge in [0.1, 0.15) is 63.3 Å². The molecule has 6 rings (SSSR count). The van der Waals surface area contributed by atoms with Crippen molar-refractivity contribution in [2.75, 3.05) is 24.9 Å². The molecule has 0 saturated carbocycles. The number of anilines is 2. The molecular formula is C35H24N6Na4O15S4. The summed E-state index contributed by atoms with van der Waals surface area (Å²) in [5, 5.41) is 19.6. The standard InChI is InChI=1S/C35H28N6O15S4.4Na/c1-55-29-15-19(9-11-27(29)40-38-21-13-25-23(33(17-21)59(49,50)51)5-3-7-31(25)57(43,44)45)36-35(42)37-20-10-12-28(30(16-20)56-2)41-39-22-14-26-24(34(18-22)60(52,53)54)6-4-8-32(26)58(46,47)48;;;;/h3-18H,1-2H3,(H2,36,37,42)(H,43,44,45)(H,46,47,48)(H,49,50,51)(H,52,53,54);;;;/q;4*+1/p-4. The minimum atomic E-state index is -5.17. The Morgan fingerprint density at radius 1 is 0.453 bits per heavy atom. The van der Waals surface area contributed by atoms with Crippen LogP contribution in [0.1, 0.15) is 0 Å². The number of benzene rings is 6. The Bertz CT molecular complexity index is 3070. The van der Waals surface area contributed by atoms with Gasteiger partial charge in [-0.2, -0.15) is 10.2 Å². The Hall–Kier alpha value is -2.45. The zero-order valence-corrected chi connectivity index (χ0v) is 45.5. The van der Waals surface area contributed by atoms with E-state index in [4.69, 9.17) is 9.47 Å². The van der Waals surface area contributed by atoms with Gasteiger partial charge in [0, 0.05) is 45.1 Å². The van der Waals surface area contributed by atoms with E-state index >= 15 is 0 Å². The third-order valence-electron chi connectivity index (χ3n) is 8.30. The average molecular weight is 989 g/mol. The summed E-state index contributed by atoms with van der Waals surface area (Å²) in [6.07, 6.45) is 0. The molecule has 0 bridgehead atoms. The molecule has 0 aliphatic carbocycles. The molecule has 2 N–H and O–H groups in total. The van der Waals surface area contributed by atoms with E-state index in [1.807, 2.05) is 0 Å². The van der Waals surface area contributed by atoms with Gasteiger partial charge in [0.05, 0.1) is 45.2 Å². The summed E-state index contributed by atoms with van der Waals surface area (Å²) >= 11 is 0. The van der Waals surface area contributed by atoms with E-state index in [1.165, 1.54) is 50.6 Å². The van der Waals surface area contributed by atoms with Gasteiger partial charge in [-0.25, -0.2) is 38.5 Å². The van der Waals surface area contributed by atoms with Crippen LogP contribution in [-0.2, 0) is 40.5 Å². The molecule has 0 spiro atoms. The van der Waals surface area contributed by atoms with Crippen molar-refractivity contribution in [3.8, 4) is 11.5 Å². The fourth-order valence-corrected chi connectivity index (χ4v) is 8.57. The van der Waals surface area contributed by atoms with Crippen LogP contribution in [0.25, 0.3) is 21.5 Å². The second-order valence-electron chi connectivity index (χ2n) is 12.2. The number of urea groups is 1. The molecule has 29 heteroatoms. The van der Waals surface area contributed by atoms with Gasteiger partial charge in [-0.15, -0.1) is 10.2 Å². The van der Waals surface area contributed by atoms with Crippen molar-refractivity contribution in [2.45, 2.75) is 19.6 Å². The minimum Gasteiger partial charge on any atom is -0.744 e. The molecule has 0 aliphatic rings. The van der Waals surface area contributed by atoms with Gasteiger partial charge in [-0.05, 0) is 60.7 Å². The number of carbonyl (C=O) groups excluding carboxylic acids is 1. The van der Waals surface area contributed by atoms with Crippen molar-refractivity contribution in [2.24, 2.45) is 20.5 Å². The Kier molecular flexibility index (Phi) is 20.8. The van der Waals surface area contributed by atoms with Crippen LogP contribution in [0.15, 0.2) is 137 Å². The first kappa shape index (κ1) is 57.7. The molecular weight excluding hydrogens is 965 g/mol. The Labute approximate surface area is 454 Å². The number of nitrogens with zero attached hydrogens (tertiary/aromatic N) is 4. The maximum atomic E-state index is 12.9. The smallest absolute Gasteiger partial charge is 0.744 e. The van der Waals surface area contributed by atoms with Gasteiger partial charge in [0.15, 0.2) is 0 Å². The third-order valence-corrected chi connectivity index (χ3v) is 11.8. The normalized spacial score (nSPS) is 11.8. The van der Waals surface area contributed by atoms with Gasteiger partial charge in [0.25, 0.3) is 0 Å². The van der Waals surface area contributed by atoms with E-state index in [1.54, 1.807) is 0 Å². The van der Waals surface area contributed by atoms with Crippen molar-refractivity contribution < 1.29 is 184 Å². The molecule has 2 amide bonds. The molecule has 0 saturated heterocycles. The summed E-state index contributed by atoms with van der Waals surface area (Å²) < 4.78 is 154. The Morgan fingerprint density at radius 2 is 0.797 bits per heavy atom. The molecule has 64 heavy (non-hydrogen) atoms. The van der Waals surface area contributed by atoms with Crippen LogP contribution in [0.2, 0.25) is 0 Å². The number of azo groups is 2. The molecule has 6 aromatic rings. The first-order valence-corrected chi connectivity index (χ1v) is 21.9. The van der Waals surface area contributed by atoms with Crippen LogP contribution in [0.5, 0.6) is 11.5 Å². The van der Waals surface area contributed by atoms with E-state index in [0.717, 1.165) is 60.7 Å².